The number of rotatable bonds is 3. The average Bonchev–Trinajstić information content (AvgIpc) is 2.36. The van der Waals surface area contributed by atoms with Crippen molar-refractivity contribution in [2.45, 2.75) is 26.1 Å². The van der Waals surface area contributed by atoms with Gasteiger partial charge in [0.2, 0.25) is 0 Å². The summed E-state index contributed by atoms with van der Waals surface area (Å²) in [5.41, 5.74) is 0.214. The number of carboxylic acid groups (broad SMARTS) is 1. The van der Waals surface area contributed by atoms with Gasteiger partial charge in [0.1, 0.15) is 0 Å². The van der Waals surface area contributed by atoms with Gasteiger partial charge >= 0.3 is 5.97 Å². The molecule has 1 fully saturated rings. The van der Waals surface area contributed by atoms with Crippen LogP contribution in [0.2, 0.25) is 0 Å². The normalized spacial score (nSPS) is 22.6. The maximum atomic E-state index is 11.3. The van der Waals surface area contributed by atoms with E-state index in [2.05, 4.69) is 0 Å². The SMILES string of the molecule is C[C@@H]1CN(c2ccc([N+](=O)[O-])cc2C(=O)O)C[C@@H](C)O1. The Bertz CT molecular complexity index is 536. The second-order valence-corrected chi connectivity index (χ2v) is 4.93. The smallest absolute Gasteiger partial charge is 0.338 e. The lowest BCUT2D eigenvalue weighted by Crippen LogP contribution is -2.46. The molecular weight excluding hydrogens is 264 g/mol. The minimum Gasteiger partial charge on any atom is -0.478 e. The van der Waals surface area contributed by atoms with Crippen LogP contribution in [0.15, 0.2) is 18.2 Å². The van der Waals surface area contributed by atoms with Crippen molar-refractivity contribution in [3.8, 4) is 0 Å². The van der Waals surface area contributed by atoms with E-state index in [-0.39, 0.29) is 23.5 Å². The number of non-ortho nitro benzene ring substituents is 1. The quantitative estimate of drug-likeness (QED) is 0.671. The second kappa shape index (κ2) is 5.46. The maximum absolute atomic E-state index is 11.3. The summed E-state index contributed by atoms with van der Waals surface area (Å²) in [4.78, 5) is 23.4. The fourth-order valence-electron chi connectivity index (χ4n) is 2.46. The molecule has 1 heterocycles. The summed E-state index contributed by atoms with van der Waals surface area (Å²) in [5.74, 6) is -1.17. The number of hydrogen-bond acceptors (Lipinski definition) is 5. The number of anilines is 1. The zero-order valence-electron chi connectivity index (χ0n) is 11.3. The third-order valence-corrected chi connectivity index (χ3v) is 3.18. The van der Waals surface area contributed by atoms with E-state index in [1.165, 1.54) is 12.1 Å². The van der Waals surface area contributed by atoms with Crippen molar-refractivity contribution >= 4 is 17.3 Å². The number of morpholine rings is 1. The summed E-state index contributed by atoms with van der Waals surface area (Å²) >= 11 is 0. The summed E-state index contributed by atoms with van der Waals surface area (Å²) in [6.07, 6.45) is -0.0360. The first-order valence-corrected chi connectivity index (χ1v) is 6.30. The van der Waals surface area contributed by atoms with Crippen molar-refractivity contribution in [2.24, 2.45) is 0 Å². The minimum absolute atomic E-state index is 0.0180. The predicted octanol–water partition coefficient (Wildman–Crippen LogP) is 1.91. The van der Waals surface area contributed by atoms with Crippen molar-refractivity contribution in [3.63, 3.8) is 0 Å². The van der Waals surface area contributed by atoms with Crippen LogP contribution in [-0.4, -0.2) is 41.3 Å². The third kappa shape index (κ3) is 2.88. The fraction of sp³-hybridized carbons (Fsp3) is 0.462. The largest absolute Gasteiger partial charge is 0.478 e. The van der Waals surface area contributed by atoms with Gasteiger partial charge in [-0.3, -0.25) is 10.1 Å². The molecule has 1 saturated heterocycles. The molecule has 1 aliphatic heterocycles. The molecule has 0 unspecified atom stereocenters. The highest BCUT2D eigenvalue weighted by Gasteiger charge is 2.26. The second-order valence-electron chi connectivity index (χ2n) is 4.93. The van der Waals surface area contributed by atoms with Gasteiger partial charge in [0.25, 0.3) is 5.69 Å². The van der Waals surface area contributed by atoms with Crippen LogP contribution in [0.5, 0.6) is 0 Å². The molecule has 0 aromatic heterocycles. The molecule has 0 radical (unpaired) electrons. The molecule has 2 rings (SSSR count). The average molecular weight is 280 g/mol. The van der Waals surface area contributed by atoms with Crippen LogP contribution in [0.3, 0.4) is 0 Å². The molecule has 0 amide bonds. The first-order chi connectivity index (χ1) is 9.38. The van der Waals surface area contributed by atoms with Crippen LogP contribution >= 0.6 is 0 Å². The van der Waals surface area contributed by atoms with Crippen LogP contribution in [0, 0.1) is 10.1 Å². The number of nitrogens with zero attached hydrogens (tertiary/aromatic N) is 2. The number of carbonyl (C=O) groups is 1. The van der Waals surface area contributed by atoms with Crippen LogP contribution in [0.4, 0.5) is 11.4 Å². The van der Waals surface area contributed by atoms with E-state index in [4.69, 9.17) is 4.74 Å². The number of ether oxygens (including phenoxy) is 1. The number of carboxylic acids is 1. The monoisotopic (exact) mass is 280 g/mol. The molecule has 0 saturated carbocycles. The van der Waals surface area contributed by atoms with Crippen molar-refractivity contribution < 1.29 is 19.6 Å². The summed E-state index contributed by atoms with van der Waals surface area (Å²) in [6, 6.07) is 3.92. The standard InChI is InChI=1S/C13H16N2O5/c1-8-6-14(7-9(2)20-8)12-4-3-10(15(18)19)5-11(12)13(16)17/h3-5,8-9H,6-7H2,1-2H3,(H,16,17)/t8-,9-/m1/s1. The fourth-order valence-corrected chi connectivity index (χ4v) is 2.46. The Morgan fingerprint density at radius 3 is 2.50 bits per heavy atom. The van der Waals surface area contributed by atoms with Crippen LogP contribution < -0.4 is 4.90 Å². The van der Waals surface area contributed by atoms with Crippen LogP contribution in [-0.2, 0) is 4.74 Å². The van der Waals surface area contributed by atoms with E-state index in [9.17, 15) is 20.0 Å². The van der Waals surface area contributed by atoms with Gasteiger partial charge in [-0.05, 0) is 19.9 Å². The minimum atomic E-state index is -1.17. The Labute approximate surface area is 115 Å². The molecule has 7 nitrogen and oxygen atoms in total. The van der Waals surface area contributed by atoms with E-state index in [0.717, 1.165) is 6.07 Å². The van der Waals surface area contributed by atoms with Crippen molar-refractivity contribution in [1.29, 1.82) is 0 Å². The van der Waals surface area contributed by atoms with E-state index < -0.39 is 10.9 Å². The molecule has 108 valence electrons. The highest BCUT2D eigenvalue weighted by molar-refractivity contribution is 5.95. The van der Waals surface area contributed by atoms with Gasteiger partial charge < -0.3 is 14.7 Å². The van der Waals surface area contributed by atoms with Gasteiger partial charge in [-0.2, -0.15) is 0 Å². The lowest BCUT2D eigenvalue weighted by atomic mass is 10.1. The Morgan fingerprint density at radius 2 is 2.00 bits per heavy atom. The number of hydrogen-bond donors (Lipinski definition) is 1. The highest BCUT2D eigenvalue weighted by atomic mass is 16.6. The van der Waals surface area contributed by atoms with Gasteiger partial charge in [-0.25, -0.2) is 4.79 Å². The van der Waals surface area contributed by atoms with Gasteiger partial charge in [0, 0.05) is 25.2 Å². The molecular formula is C13H16N2O5. The molecule has 2 atom stereocenters. The van der Waals surface area contributed by atoms with Crippen molar-refractivity contribution in [2.75, 3.05) is 18.0 Å². The summed E-state index contributed by atoms with van der Waals surface area (Å²) in [5, 5.41) is 20.0. The first-order valence-electron chi connectivity index (χ1n) is 6.30. The number of nitro groups is 1. The molecule has 1 N–H and O–H groups in total. The maximum Gasteiger partial charge on any atom is 0.338 e. The van der Waals surface area contributed by atoms with Gasteiger partial charge in [-0.1, -0.05) is 0 Å². The first kappa shape index (κ1) is 14.3. The Hall–Kier alpha value is -2.15. The van der Waals surface area contributed by atoms with Crippen molar-refractivity contribution in [1.82, 2.24) is 0 Å². The van der Waals surface area contributed by atoms with Crippen molar-refractivity contribution in [3.05, 3.63) is 33.9 Å². The van der Waals surface area contributed by atoms with E-state index in [1.54, 1.807) is 0 Å². The third-order valence-electron chi connectivity index (χ3n) is 3.18. The number of benzene rings is 1. The number of aromatic carboxylic acids is 1. The zero-order valence-corrected chi connectivity index (χ0v) is 11.3. The summed E-state index contributed by atoms with van der Waals surface area (Å²) in [7, 11) is 0. The van der Waals surface area contributed by atoms with Gasteiger partial charge in [0.05, 0.1) is 28.4 Å². The Kier molecular flexibility index (Phi) is 3.89. The van der Waals surface area contributed by atoms with E-state index >= 15 is 0 Å². The molecule has 0 bridgehead atoms. The Morgan fingerprint density at radius 1 is 1.40 bits per heavy atom. The molecule has 1 aromatic carbocycles. The predicted molar refractivity (Wildman–Crippen MR) is 72.3 cm³/mol. The summed E-state index contributed by atoms with van der Waals surface area (Å²) < 4.78 is 5.60. The van der Waals surface area contributed by atoms with Crippen LogP contribution in [0.25, 0.3) is 0 Å². The Balaban J connectivity index is 2.40. The van der Waals surface area contributed by atoms with Crippen LogP contribution in [0.1, 0.15) is 24.2 Å². The lowest BCUT2D eigenvalue weighted by molar-refractivity contribution is -0.384. The van der Waals surface area contributed by atoms with E-state index in [1.807, 2.05) is 18.7 Å². The summed E-state index contributed by atoms with van der Waals surface area (Å²) in [6.45, 7) is 4.94. The number of nitro benzene ring substituents is 1. The molecule has 0 aliphatic carbocycles. The topological polar surface area (TPSA) is 92.9 Å². The molecule has 1 aliphatic rings. The van der Waals surface area contributed by atoms with Gasteiger partial charge in [0.15, 0.2) is 0 Å². The zero-order chi connectivity index (χ0) is 14.9. The van der Waals surface area contributed by atoms with E-state index in [0.29, 0.717) is 18.8 Å². The highest BCUT2D eigenvalue weighted by Crippen LogP contribution is 2.28. The molecule has 7 heteroatoms. The molecule has 20 heavy (non-hydrogen) atoms. The molecule has 1 aromatic rings. The lowest BCUT2D eigenvalue weighted by Gasteiger charge is -2.37. The molecule has 0 spiro atoms. The van der Waals surface area contributed by atoms with Gasteiger partial charge in [-0.15, -0.1) is 0 Å².